The molecule has 0 spiro atoms. The van der Waals surface area contributed by atoms with Gasteiger partial charge in [0.2, 0.25) is 0 Å². The molecule has 4 heteroatoms. The fourth-order valence-electron chi connectivity index (χ4n) is 3.90. The molecular formula is C16H20N2O2. The van der Waals surface area contributed by atoms with E-state index in [2.05, 4.69) is 16.0 Å². The first-order chi connectivity index (χ1) is 9.83. The lowest BCUT2D eigenvalue weighted by Gasteiger charge is -2.35. The number of nitrogens with zero attached hydrogens (tertiary/aromatic N) is 2. The maximum absolute atomic E-state index is 12.8. The second-order valence-corrected chi connectivity index (χ2v) is 6.15. The van der Waals surface area contributed by atoms with Crippen molar-refractivity contribution in [3.8, 4) is 0 Å². The Bertz CT molecular complexity index is 531. The standard InChI is InChI=1S/C16H20N2O2/c19-16(13-6-5-11-3-1-7-17-15(11)13)14-9-18-8-2-4-12(18)10-20-14/h1,3,7,12-14H,2,4-6,8-10H2. The number of ketones is 1. The van der Waals surface area contributed by atoms with E-state index < -0.39 is 0 Å². The summed E-state index contributed by atoms with van der Waals surface area (Å²) in [5, 5.41) is 0. The van der Waals surface area contributed by atoms with E-state index in [9.17, 15) is 4.79 Å². The molecule has 0 amide bonds. The summed E-state index contributed by atoms with van der Waals surface area (Å²) in [4.78, 5) is 19.6. The van der Waals surface area contributed by atoms with Gasteiger partial charge in [-0.2, -0.15) is 0 Å². The van der Waals surface area contributed by atoms with Gasteiger partial charge in [0.05, 0.1) is 18.2 Å². The number of Topliss-reactive ketones (excluding diaryl/α,β-unsaturated/α-hetero) is 1. The van der Waals surface area contributed by atoms with E-state index >= 15 is 0 Å². The van der Waals surface area contributed by atoms with Crippen molar-refractivity contribution in [1.82, 2.24) is 9.88 Å². The van der Waals surface area contributed by atoms with Crippen LogP contribution in [0.5, 0.6) is 0 Å². The summed E-state index contributed by atoms with van der Waals surface area (Å²) < 4.78 is 5.86. The molecule has 20 heavy (non-hydrogen) atoms. The molecule has 0 saturated carbocycles. The third kappa shape index (κ3) is 1.98. The highest BCUT2D eigenvalue weighted by atomic mass is 16.5. The summed E-state index contributed by atoms with van der Waals surface area (Å²) >= 11 is 0. The van der Waals surface area contributed by atoms with Crippen LogP contribution in [0.15, 0.2) is 18.3 Å². The number of pyridine rings is 1. The first-order valence-electron chi connectivity index (χ1n) is 7.66. The van der Waals surface area contributed by atoms with Gasteiger partial charge in [-0.1, -0.05) is 6.07 Å². The molecule has 3 aliphatic rings. The molecule has 0 N–H and O–H groups in total. The number of morpholine rings is 1. The van der Waals surface area contributed by atoms with Crippen LogP contribution in [0, 0.1) is 0 Å². The van der Waals surface area contributed by atoms with Crippen LogP contribution in [-0.2, 0) is 16.0 Å². The van der Waals surface area contributed by atoms with Crippen molar-refractivity contribution in [3.05, 3.63) is 29.6 Å². The van der Waals surface area contributed by atoms with E-state index in [1.165, 1.54) is 18.4 Å². The van der Waals surface area contributed by atoms with E-state index in [1.54, 1.807) is 6.20 Å². The summed E-state index contributed by atoms with van der Waals surface area (Å²) in [6.45, 7) is 2.62. The molecule has 3 heterocycles. The van der Waals surface area contributed by atoms with Crippen LogP contribution in [0.25, 0.3) is 0 Å². The first-order valence-corrected chi connectivity index (χ1v) is 7.66. The molecule has 0 bridgehead atoms. The second kappa shape index (κ2) is 4.93. The zero-order valence-corrected chi connectivity index (χ0v) is 11.6. The molecule has 3 unspecified atom stereocenters. The van der Waals surface area contributed by atoms with Crippen LogP contribution in [0.1, 0.15) is 36.4 Å². The molecule has 2 fully saturated rings. The predicted molar refractivity (Wildman–Crippen MR) is 74.6 cm³/mol. The molecule has 4 nitrogen and oxygen atoms in total. The number of fused-ring (bicyclic) bond motifs is 2. The molecule has 1 aromatic heterocycles. The van der Waals surface area contributed by atoms with Crippen molar-refractivity contribution in [2.24, 2.45) is 0 Å². The number of carbonyl (C=O) groups excluding carboxylic acids is 1. The molecule has 3 atom stereocenters. The summed E-state index contributed by atoms with van der Waals surface area (Å²) in [6.07, 6.45) is 5.87. The largest absolute Gasteiger partial charge is 0.367 e. The van der Waals surface area contributed by atoms with Crippen molar-refractivity contribution in [2.75, 3.05) is 19.7 Å². The summed E-state index contributed by atoms with van der Waals surface area (Å²) in [7, 11) is 0. The lowest BCUT2D eigenvalue weighted by Crippen LogP contribution is -2.50. The fourth-order valence-corrected chi connectivity index (χ4v) is 3.90. The van der Waals surface area contributed by atoms with Crippen LogP contribution in [0.3, 0.4) is 0 Å². The van der Waals surface area contributed by atoms with Crippen LogP contribution in [-0.4, -0.2) is 47.5 Å². The van der Waals surface area contributed by atoms with Gasteiger partial charge in [-0.25, -0.2) is 0 Å². The SMILES string of the molecule is O=C(C1CN2CCCC2CO1)C1CCc2cccnc21. The Kier molecular flexibility index (Phi) is 3.08. The number of aryl methyl sites for hydroxylation is 1. The summed E-state index contributed by atoms with van der Waals surface area (Å²) in [6, 6.07) is 4.60. The van der Waals surface area contributed by atoms with Gasteiger partial charge in [-0.3, -0.25) is 14.7 Å². The molecule has 2 aliphatic heterocycles. The molecule has 1 aliphatic carbocycles. The minimum Gasteiger partial charge on any atom is -0.367 e. The number of hydrogen-bond acceptors (Lipinski definition) is 4. The monoisotopic (exact) mass is 272 g/mol. The smallest absolute Gasteiger partial charge is 0.171 e. The Morgan fingerprint density at radius 2 is 2.35 bits per heavy atom. The molecule has 0 aromatic carbocycles. The number of ether oxygens (including phenoxy) is 1. The fraction of sp³-hybridized carbons (Fsp3) is 0.625. The predicted octanol–water partition coefficient (Wildman–Crippen LogP) is 1.54. The zero-order valence-electron chi connectivity index (χ0n) is 11.6. The molecule has 1 aromatic rings. The van der Waals surface area contributed by atoms with Gasteiger partial charge >= 0.3 is 0 Å². The van der Waals surface area contributed by atoms with E-state index in [-0.39, 0.29) is 17.8 Å². The minimum absolute atomic E-state index is 0.0460. The van der Waals surface area contributed by atoms with E-state index in [4.69, 9.17) is 4.74 Å². The summed E-state index contributed by atoms with van der Waals surface area (Å²) in [5.41, 5.74) is 2.23. The quantitative estimate of drug-likeness (QED) is 0.819. The van der Waals surface area contributed by atoms with Crippen LogP contribution < -0.4 is 0 Å². The third-order valence-electron chi connectivity index (χ3n) is 5.01. The lowest BCUT2D eigenvalue weighted by molar-refractivity contribution is -0.140. The van der Waals surface area contributed by atoms with Gasteiger partial charge in [0.1, 0.15) is 6.10 Å². The van der Waals surface area contributed by atoms with Crippen molar-refractivity contribution in [2.45, 2.75) is 43.7 Å². The number of aromatic nitrogens is 1. The van der Waals surface area contributed by atoms with Crippen molar-refractivity contribution < 1.29 is 9.53 Å². The molecule has 2 saturated heterocycles. The zero-order chi connectivity index (χ0) is 13.5. The Labute approximate surface area is 119 Å². The van der Waals surface area contributed by atoms with Crippen LogP contribution >= 0.6 is 0 Å². The van der Waals surface area contributed by atoms with Crippen molar-refractivity contribution >= 4 is 5.78 Å². The second-order valence-electron chi connectivity index (χ2n) is 6.15. The van der Waals surface area contributed by atoms with Gasteiger partial charge < -0.3 is 4.74 Å². The number of rotatable bonds is 2. The minimum atomic E-state index is -0.248. The molecule has 4 rings (SSSR count). The van der Waals surface area contributed by atoms with E-state index in [0.717, 1.165) is 38.2 Å². The Hall–Kier alpha value is -1.26. The van der Waals surface area contributed by atoms with Crippen LogP contribution in [0.4, 0.5) is 0 Å². The van der Waals surface area contributed by atoms with E-state index in [1.807, 2.05) is 6.07 Å². The van der Waals surface area contributed by atoms with Gasteiger partial charge in [-0.05, 0) is 43.9 Å². The Morgan fingerprint density at radius 1 is 1.40 bits per heavy atom. The average Bonchev–Trinajstić information content (AvgIpc) is 3.12. The van der Waals surface area contributed by atoms with Gasteiger partial charge in [0.15, 0.2) is 5.78 Å². The first kappa shape index (κ1) is 12.5. The number of hydrogen-bond donors (Lipinski definition) is 0. The van der Waals surface area contributed by atoms with Gasteiger partial charge in [0, 0.05) is 18.8 Å². The van der Waals surface area contributed by atoms with E-state index in [0.29, 0.717) is 6.04 Å². The maximum atomic E-state index is 12.8. The molecule has 106 valence electrons. The van der Waals surface area contributed by atoms with Crippen molar-refractivity contribution in [3.63, 3.8) is 0 Å². The summed E-state index contributed by atoms with van der Waals surface area (Å²) in [5.74, 6) is 0.197. The maximum Gasteiger partial charge on any atom is 0.171 e. The van der Waals surface area contributed by atoms with Gasteiger partial charge in [-0.15, -0.1) is 0 Å². The normalized spacial score (nSPS) is 32.9. The molecular weight excluding hydrogens is 252 g/mol. The lowest BCUT2D eigenvalue weighted by atomic mass is 9.95. The topological polar surface area (TPSA) is 42.4 Å². The number of carbonyl (C=O) groups is 1. The highest BCUT2D eigenvalue weighted by Crippen LogP contribution is 2.34. The average molecular weight is 272 g/mol. The highest BCUT2D eigenvalue weighted by Gasteiger charge is 2.40. The van der Waals surface area contributed by atoms with Crippen molar-refractivity contribution in [1.29, 1.82) is 0 Å². The Morgan fingerprint density at radius 3 is 3.30 bits per heavy atom. The Balaban J connectivity index is 1.51. The highest BCUT2D eigenvalue weighted by molar-refractivity contribution is 5.90. The third-order valence-corrected chi connectivity index (χ3v) is 5.01. The van der Waals surface area contributed by atoms with Crippen LogP contribution in [0.2, 0.25) is 0 Å². The molecule has 0 radical (unpaired) electrons. The van der Waals surface area contributed by atoms with Gasteiger partial charge in [0.25, 0.3) is 0 Å².